The molecule has 31 heavy (non-hydrogen) atoms. The number of anilines is 1. The predicted octanol–water partition coefficient (Wildman–Crippen LogP) is 4.92. The van der Waals surface area contributed by atoms with Crippen LogP contribution in [-0.2, 0) is 33.3 Å². The van der Waals surface area contributed by atoms with Crippen molar-refractivity contribution in [3.8, 4) is 0 Å². The Morgan fingerprint density at radius 3 is 2.39 bits per heavy atom. The van der Waals surface area contributed by atoms with Crippen LogP contribution in [0, 0.1) is 0 Å². The molecule has 2 aromatic rings. The minimum atomic E-state index is -4.51. The molecule has 0 bridgehead atoms. The molecule has 9 heteroatoms. The molecule has 0 fully saturated rings. The number of ether oxygens (including phenoxy) is 2. The molecular weight excluding hydrogens is 415 g/mol. The van der Waals surface area contributed by atoms with E-state index in [1.165, 1.54) is 12.1 Å². The minimum absolute atomic E-state index is 0.000891. The Morgan fingerprint density at radius 1 is 1.06 bits per heavy atom. The summed E-state index contributed by atoms with van der Waals surface area (Å²) in [7, 11) is 0. The van der Waals surface area contributed by atoms with Gasteiger partial charge in [-0.25, -0.2) is 9.59 Å². The van der Waals surface area contributed by atoms with Crippen LogP contribution in [0.5, 0.6) is 0 Å². The number of halogens is 3. The Bertz CT molecular complexity index is 899. The quantitative estimate of drug-likeness (QED) is 0.580. The molecule has 2 aromatic carbocycles. The van der Waals surface area contributed by atoms with Crippen LogP contribution in [0.4, 0.5) is 23.7 Å². The van der Waals surface area contributed by atoms with Crippen LogP contribution in [0.1, 0.15) is 30.5 Å². The van der Waals surface area contributed by atoms with Crippen molar-refractivity contribution >= 4 is 17.7 Å². The average Bonchev–Trinajstić information content (AvgIpc) is 2.67. The summed E-state index contributed by atoms with van der Waals surface area (Å²) in [6, 6.07) is 11.4. The molecule has 1 amide bonds. The van der Waals surface area contributed by atoms with Gasteiger partial charge in [-0.2, -0.15) is 13.2 Å². The SMILES string of the molecule is CC(C)OC(Cc1cccc(CCOC(=O)Nc2cccc(C(F)(F)F)c2)c1)C(=O)O. The zero-order valence-electron chi connectivity index (χ0n) is 17.1. The Hall–Kier alpha value is -3.07. The molecule has 168 valence electrons. The monoisotopic (exact) mass is 439 g/mol. The van der Waals surface area contributed by atoms with Crippen molar-refractivity contribution in [1.29, 1.82) is 0 Å². The van der Waals surface area contributed by atoms with E-state index in [2.05, 4.69) is 5.32 Å². The number of hydrogen-bond donors (Lipinski definition) is 2. The fraction of sp³-hybridized carbons (Fsp3) is 0.364. The van der Waals surface area contributed by atoms with E-state index in [0.29, 0.717) is 6.42 Å². The Morgan fingerprint density at radius 2 is 1.74 bits per heavy atom. The summed E-state index contributed by atoms with van der Waals surface area (Å²) >= 11 is 0. The maximum atomic E-state index is 12.7. The second-order valence-electron chi connectivity index (χ2n) is 7.13. The van der Waals surface area contributed by atoms with Gasteiger partial charge in [-0.15, -0.1) is 0 Å². The van der Waals surface area contributed by atoms with E-state index in [1.807, 2.05) is 0 Å². The lowest BCUT2D eigenvalue weighted by atomic mass is 10.0. The van der Waals surface area contributed by atoms with Gasteiger partial charge in [0.2, 0.25) is 0 Å². The highest BCUT2D eigenvalue weighted by Crippen LogP contribution is 2.30. The van der Waals surface area contributed by atoms with Gasteiger partial charge in [-0.1, -0.05) is 30.3 Å². The molecule has 0 saturated carbocycles. The van der Waals surface area contributed by atoms with Gasteiger partial charge in [0.1, 0.15) is 0 Å². The number of carbonyl (C=O) groups excluding carboxylic acids is 1. The van der Waals surface area contributed by atoms with Gasteiger partial charge in [-0.05, 0) is 43.2 Å². The molecule has 0 heterocycles. The molecule has 0 aliphatic heterocycles. The number of carboxylic acids is 1. The lowest BCUT2D eigenvalue weighted by Crippen LogP contribution is -2.29. The zero-order chi connectivity index (χ0) is 23.0. The summed E-state index contributed by atoms with van der Waals surface area (Å²) in [4.78, 5) is 23.2. The van der Waals surface area contributed by atoms with E-state index in [4.69, 9.17) is 9.47 Å². The number of benzene rings is 2. The highest BCUT2D eigenvalue weighted by Gasteiger charge is 2.30. The zero-order valence-corrected chi connectivity index (χ0v) is 17.1. The number of aliphatic carboxylic acids is 1. The summed E-state index contributed by atoms with van der Waals surface area (Å²) in [5.41, 5.74) is 0.687. The molecule has 0 radical (unpaired) electrons. The second kappa shape index (κ2) is 10.8. The molecule has 1 unspecified atom stereocenters. The Labute approximate surface area is 178 Å². The first-order valence-electron chi connectivity index (χ1n) is 9.61. The highest BCUT2D eigenvalue weighted by molar-refractivity contribution is 5.84. The molecule has 0 aromatic heterocycles. The fourth-order valence-corrected chi connectivity index (χ4v) is 2.84. The normalized spacial score (nSPS) is 12.5. The van der Waals surface area contributed by atoms with E-state index in [-0.39, 0.29) is 24.8 Å². The van der Waals surface area contributed by atoms with Crippen molar-refractivity contribution in [3.05, 3.63) is 65.2 Å². The average molecular weight is 439 g/mol. The van der Waals surface area contributed by atoms with Crippen LogP contribution in [0.25, 0.3) is 0 Å². The van der Waals surface area contributed by atoms with Crippen molar-refractivity contribution in [2.75, 3.05) is 11.9 Å². The number of rotatable bonds is 9. The first-order valence-corrected chi connectivity index (χ1v) is 9.61. The molecule has 1 atom stereocenters. The number of alkyl halides is 3. The van der Waals surface area contributed by atoms with Gasteiger partial charge in [0.25, 0.3) is 0 Å². The van der Waals surface area contributed by atoms with Gasteiger partial charge in [0.15, 0.2) is 6.10 Å². The van der Waals surface area contributed by atoms with Gasteiger partial charge < -0.3 is 14.6 Å². The van der Waals surface area contributed by atoms with Crippen LogP contribution >= 0.6 is 0 Å². The van der Waals surface area contributed by atoms with Crippen molar-refractivity contribution in [1.82, 2.24) is 0 Å². The first kappa shape index (κ1) is 24.2. The highest BCUT2D eigenvalue weighted by atomic mass is 19.4. The molecule has 2 rings (SSSR count). The van der Waals surface area contributed by atoms with Crippen LogP contribution < -0.4 is 5.32 Å². The molecule has 0 aliphatic carbocycles. The number of carboxylic acid groups (broad SMARTS) is 1. The first-order chi connectivity index (χ1) is 14.5. The van der Waals surface area contributed by atoms with Crippen molar-refractivity contribution in [2.24, 2.45) is 0 Å². The van der Waals surface area contributed by atoms with E-state index < -0.39 is 29.9 Å². The third kappa shape index (κ3) is 8.29. The van der Waals surface area contributed by atoms with Crippen LogP contribution in [-0.4, -0.2) is 36.0 Å². The third-order valence-corrected chi connectivity index (χ3v) is 4.18. The minimum Gasteiger partial charge on any atom is -0.479 e. The van der Waals surface area contributed by atoms with Gasteiger partial charge in [0.05, 0.1) is 18.3 Å². The number of hydrogen-bond acceptors (Lipinski definition) is 4. The molecular formula is C22H24F3NO5. The molecule has 0 spiro atoms. The summed E-state index contributed by atoms with van der Waals surface area (Å²) in [6.45, 7) is 3.52. The van der Waals surface area contributed by atoms with Crippen LogP contribution in [0.2, 0.25) is 0 Å². The van der Waals surface area contributed by atoms with E-state index in [1.54, 1.807) is 38.1 Å². The number of nitrogens with one attached hydrogen (secondary N) is 1. The standard InChI is InChI=1S/C22H24F3NO5/c1-14(2)31-19(20(27)28)12-16-6-3-5-15(11-16)9-10-30-21(29)26-18-8-4-7-17(13-18)22(23,24)25/h3-8,11,13-14,19H,9-10,12H2,1-2H3,(H,26,29)(H,27,28). The van der Waals surface area contributed by atoms with Gasteiger partial charge in [0, 0.05) is 18.5 Å². The van der Waals surface area contributed by atoms with Crippen LogP contribution in [0.15, 0.2) is 48.5 Å². The van der Waals surface area contributed by atoms with Crippen molar-refractivity contribution < 1.29 is 37.3 Å². The Balaban J connectivity index is 1.88. The summed E-state index contributed by atoms with van der Waals surface area (Å²) in [5.74, 6) is -1.05. The maximum absolute atomic E-state index is 12.7. The predicted molar refractivity (Wildman–Crippen MR) is 108 cm³/mol. The molecule has 0 saturated heterocycles. The van der Waals surface area contributed by atoms with E-state index >= 15 is 0 Å². The lowest BCUT2D eigenvalue weighted by Gasteiger charge is -2.17. The van der Waals surface area contributed by atoms with Crippen molar-refractivity contribution in [3.63, 3.8) is 0 Å². The smallest absolute Gasteiger partial charge is 0.416 e. The lowest BCUT2D eigenvalue weighted by molar-refractivity contribution is -0.153. The number of carbonyl (C=O) groups is 2. The second-order valence-corrected chi connectivity index (χ2v) is 7.13. The summed E-state index contributed by atoms with van der Waals surface area (Å²) < 4.78 is 48.6. The molecule has 6 nitrogen and oxygen atoms in total. The maximum Gasteiger partial charge on any atom is 0.416 e. The van der Waals surface area contributed by atoms with Gasteiger partial charge in [-0.3, -0.25) is 5.32 Å². The van der Waals surface area contributed by atoms with E-state index in [9.17, 15) is 27.9 Å². The fourth-order valence-electron chi connectivity index (χ4n) is 2.84. The van der Waals surface area contributed by atoms with Gasteiger partial charge >= 0.3 is 18.2 Å². The summed E-state index contributed by atoms with van der Waals surface area (Å²) in [6.07, 6.45) is -6.03. The van der Waals surface area contributed by atoms with E-state index in [0.717, 1.165) is 23.3 Å². The third-order valence-electron chi connectivity index (χ3n) is 4.18. The largest absolute Gasteiger partial charge is 0.479 e. The molecule has 2 N–H and O–H groups in total. The summed E-state index contributed by atoms with van der Waals surface area (Å²) in [5, 5.41) is 11.6. The Kier molecular flexibility index (Phi) is 8.44. The molecule has 0 aliphatic rings. The number of amides is 1. The van der Waals surface area contributed by atoms with Crippen molar-refractivity contribution in [2.45, 2.75) is 45.1 Å². The van der Waals surface area contributed by atoms with Crippen LogP contribution in [0.3, 0.4) is 0 Å². The topological polar surface area (TPSA) is 84.9 Å².